The molecular formula is C7H14O2. The second-order valence-electron chi connectivity index (χ2n) is 3.31. The number of hydrogen-bond acceptors (Lipinski definition) is 2. The maximum Gasteiger partial charge on any atom is 0.155 e. The SMILES string of the molecule is CC1CC(O)OC1(C)C. The second kappa shape index (κ2) is 1.96. The van der Waals surface area contributed by atoms with Crippen LogP contribution < -0.4 is 0 Å². The van der Waals surface area contributed by atoms with Crippen molar-refractivity contribution in [3.05, 3.63) is 0 Å². The maximum absolute atomic E-state index is 9.01. The van der Waals surface area contributed by atoms with Crippen LogP contribution in [0.3, 0.4) is 0 Å². The quantitative estimate of drug-likeness (QED) is 0.533. The van der Waals surface area contributed by atoms with E-state index in [1.54, 1.807) is 0 Å². The molecule has 1 heterocycles. The molecule has 1 fully saturated rings. The third-order valence-corrected chi connectivity index (χ3v) is 2.18. The molecule has 0 aromatic heterocycles. The standard InChI is InChI=1S/C7H14O2/c1-5-4-6(8)9-7(5,2)3/h5-6,8H,4H2,1-3H3. The highest BCUT2D eigenvalue weighted by atomic mass is 16.6. The van der Waals surface area contributed by atoms with Crippen LogP contribution in [0, 0.1) is 5.92 Å². The van der Waals surface area contributed by atoms with Gasteiger partial charge in [-0.2, -0.15) is 0 Å². The van der Waals surface area contributed by atoms with Crippen LogP contribution in [0.25, 0.3) is 0 Å². The fourth-order valence-corrected chi connectivity index (χ4v) is 1.10. The van der Waals surface area contributed by atoms with Crippen molar-refractivity contribution in [2.24, 2.45) is 5.92 Å². The van der Waals surface area contributed by atoms with Gasteiger partial charge in [0.2, 0.25) is 0 Å². The highest BCUT2D eigenvalue weighted by Gasteiger charge is 2.37. The Morgan fingerprint density at radius 3 is 2.22 bits per heavy atom. The van der Waals surface area contributed by atoms with Crippen molar-refractivity contribution in [1.29, 1.82) is 0 Å². The Morgan fingerprint density at radius 2 is 2.11 bits per heavy atom. The summed E-state index contributed by atoms with van der Waals surface area (Å²) in [6, 6.07) is 0. The van der Waals surface area contributed by atoms with Crippen LogP contribution in [0.1, 0.15) is 27.2 Å². The Kier molecular flexibility index (Phi) is 1.53. The molecule has 0 aliphatic carbocycles. The molecule has 0 radical (unpaired) electrons. The molecule has 1 rings (SSSR count). The van der Waals surface area contributed by atoms with Crippen LogP contribution in [0.4, 0.5) is 0 Å². The third-order valence-electron chi connectivity index (χ3n) is 2.18. The minimum atomic E-state index is -0.532. The summed E-state index contributed by atoms with van der Waals surface area (Å²) >= 11 is 0. The van der Waals surface area contributed by atoms with E-state index in [1.807, 2.05) is 13.8 Å². The van der Waals surface area contributed by atoms with Crippen LogP contribution >= 0.6 is 0 Å². The summed E-state index contributed by atoms with van der Waals surface area (Å²) in [5.41, 5.74) is -0.126. The molecule has 2 nitrogen and oxygen atoms in total. The van der Waals surface area contributed by atoms with Gasteiger partial charge in [-0.15, -0.1) is 0 Å². The number of rotatable bonds is 0. The van der Waals surface area contributed by atoms with E-state index in [0.717, 1.165) is 6.42 Å². The molecule has 0 aromatic rings. The zero-order valence-corrected chi connectivity index (χ0v) is 6.22. The molecule has 0 saturated carbocycles. The number of ether oxygens (including phenoxy) is 1. The molecular weight excluding hydrogens is 116 g/mol. The molecule has 2 atom stereocenters. The molecule has 1 N–H and O–H groups in total. The van der Waals surface area contributed by atoms with Crippen LogP contribution in [-0.4, -0.2) is 17.0 Å². The first-order valence-electron chi connectivity index (χ1n) is 3.38. The van der Waals surface area contributed by atoms with Crippen molar-refractivity contribution in [2.45, 2.75) is 39.1 Å². The lowest BCUT2D eigenvalue weighted by Crippen LogP contribution is -2.25. The third kappa shape index (κ3) is 1.25. The lowest BCUT2D eigenvalue weighted by Gasteiger charge is -2.21. The van der Waals surface area contributed by atoms with Gasteiger partial charge in [-0.25, -0.2) is 0 Å². The molecule has 2 unspecified atom stereocenters. The van der Waals surface area contributed by atoms with Gasteiger partial charge in [-0.1, -0.05) is 6.92 Å². The molecule has 0 aromatic carbocycles. The number of hydrogen-bond donors (Lipinski definition) is 1. The van der Waals surface area contributed by atoms with Gasteiger partial charge in [0.05, 0.1) is 5.60 Å². The largest absolute Gasteiger partial charge is 0.368 e. The van der Waals surface area contributed by atoms with Crippen molar-refractivity contribution < 1.29 is 9.84 Å². The van der Waals surface area contributed by atoms with E-state index in [-0.39, 0.29) is 5.60 Å². The molecule has 0 bridgehead atoms. The molecule has 1 saturated heterocycles. The van der Waals surface area contributed by atoms with Gasteiger partial charge in [0, 0.05) is 6.42 Å². The number of aliphatic hydroxyl groups is 1. The molecule has 54 valence electrons. The predicted octanol–water partition coefficient (Wildman–Crippen LogP) is 1.14. The maximum atomic E-state index is 9.01. The molecule has 9 heavy (non-hydrogen) atoms. The van der Waals surface area contributed by atoms with Crippen molar-refractivity contribution in [3.8, 4) is 0 Å². The van der Waals surface area contributed by atoms with Crippen molar-refractivity contribution in [3.63, 3.8) is 0 Å². The average molecular weight is 130 g/mol. The average Bonchev–Trinajstić information content (AvgIpc) is 1.79. The van der Waals surface area contributed by atoms with E-state index in [1.165, 1.54) is 0 Å². The van der Waals surface area contributed by atoms with E-state index in [4.69, 9.17) is 9.84 Å². The first kappa shape index (κ1) is 7.03. The van der Waals surface area contributed by atoms with Crippen molar-refractivity contribution in [2.75, 3.05) is 0 Å². The summed E-state index contributed by atoms with van der Waals surface area (Å²) < 4.78 is 5.22. The summed E-state index contributed by atoms with van der Waals surface area (Å²) in [5, 5.41) is 9.01. The number of aliphatic hydroxyl groups excluding tert-OH is 1. The highest BCUT2D eigenvalue weighted by Crippen LogP contribution is 2.33. The lowest BCUT2D eigenvalue weighted by molar-refractivity contribution is -0.127. The normalized spacial score (nSPS) is 41.3. The first-order chi connectivity index (χ1) is 4.02. The minimum Gasteiger partial charge on any atom is -0.368 e. The summed E-state index contributed by atoms with van der Waals surface area (Å²) in [6.07, 6.45) is 0.238. The zero-order chi connectivity index (χ0) is 7.07. The van der Waals surface area contributed by atoms with E-state index >= 15 is 0 Å². The van der Waals surface area contributed by atoms with Gasteiger partial charge in [0.25, 0.3) is 0 Å². The summed E-state index contributed by atoms with van der Waals surface area (Å²) in [5.74, 6) is 0.465. The van der Waals surface area contributed by atoms with Crippen LogP contribution in [0.15, 0.2) is 0 Å². The van der Waals surface area contributed by atoms with E-state index in [0.29, 0.717) is 5.92 Å². The first-order valence-corrected chi connectivity index (χ1v) is 3.38. The predicted molar refractivity (Wildman–Crippen MR) is 35.0 cm³/mol. The van der Waals surface area contributed by atoms with E-state index in [2.05, 4.69) is 6.92 Å². The van der Waals surface area contributed by atoms with Gasteiger partial charge in [-0.05, 0) is 19.8 Å². The van der Waals surface area contributed by atoms with Gasteiger partial charge < -0.3 is 9.84 Å². The Labute approximate surface area is 55.8 Å². The zero-order valence-electron chi connectivity index (χ0n) is 6.22. The summed E-state index contributed by atoms with van der Waals surface area (Å²) in [7, 11) is 0. The van der Waals surface area contributed by atoms with Crippen molar-refractivity contribution in [1.82, 2.24) is 0 Å². The van der Waals surface area contributed by atoms with E-state index in [9.17, 15) is 0 Å². The molecule has 0 amide bonds. The van der Waals surface area contributed by atoms with E-state index < -0.39 is 6.29 Å². The lowest BCUT2D eigenvalue weighted by atomic mass is 9.93. The molecule has 0 spiro atoms. The smallest absolute Gasteiger partial charge is 0.155 e. The van der Waals surface area contributed by atoms with Gasteiger partial charge in [0.1, 0.15) is 0 Å². The Morgan fingerprint density at radius 1 is 1.56 bits per heavy atom. The van der Waals surface area contributed by atoms with Crippen LogP contribution in [-0.2, 0) is 4.74 Å². The minimum absolute atomic E-state index is 0.126. The fraction of sp³-hybridized carbons (Fsp3) is 1.00. The fourth-order valence-electron chi connectivity index (χ4n) is 1.10. The Bertz CT molecular complexity index is 109. The molecule has 2 heteroatoms. The van der Waals surface area contributed by atoms with Crippen LogP contribution in [0.2, 0.25) is 0 Å². The topological polar surface area (TPSA) is 29.5 Å². The van der Waals surface area contributed by atoms with Gasteiger partial charge in [0.15, 0.2) is 6.29 Å². The molecule has 1 aliphatic rings. The monoisotopic (exact) mass is 130 g/mol. The summed E-state index contributed by atoms with van der Waals surface area (Å²) in [6.45, 7) is 6.11. The van der Waals surface area contributed by atoms with Crippen molar-refractivity contribution >= 4 is 0 Å². The molecule has 1 aliphatic heterocycles. The van der Waals surface area contributed by atoms with Gasteiger partial charge >= 0.3 is 0 Å². The van der Waals surface area contributed by atoms with Crippen LogP contribution in [0.5, 0.6) is 0 Å². The Balaban J connectivity index is 2.58. The summed E-state index contributed by atoms with van der Waals surface area (Å²) in [4.78, 5) is 0. The Hall–Kier alpha value is -0.0800. The van der Waals surface area contributed by atoms with Gasteiger partial charge in [-0.3, -0.25) is 0 Å². The second-order valence-corrected chi connectivity index (χ2v) is 3.31. The highest BCUT2D eigenvalue weighted by molar-refractivity contribution is 4.82.